The molecule has 0 aromatic carbocycles. The molecular formula is C43H80O8. The van der Waals surface area contributed by atoms with Crippen LogP contribution in [-0.4, -0.2) is 50.3 Å². The minimum atomic E-state index is -0.187. The Morgan fingerprint density at radius 2 is 0.647 bits per heavy atom. The van der Waals surface area contributed by atoms with E-state index < -0.39 is 0 Å². The van der Waals surface area contributed by atoms with E-state index in [-0.39, 0.29) is 43.0 Å². The number of carbonyl (C=O) groups is 4. The van der Waals surface area contributed by atoms with Crippen LogP contribution in [0.2, 0.25) is 0 Å². The van der Waals surface area contributed by atoms with Gasteiger partial charge in [-0.3, -0.25) is 19.2 Å². The fourth-order valence-electron chi connectivity index (χ4n) is 6.19. The van der Waals surface area contributed by atoms with Crippen LogP contribution < -0.4 is 0 Å². The predicted molar refractivity (Wildman–Crippen MR) is 207 cm³/mol. The van der Waals surface area contributed by atoms with Crippen molar-refractivity contribution in [2.75, 3.05) is 26.4 Å². The molecule has 0 atom stereocenters. The largest absolute Gasteiger partial charge is 0.466 e. The van der Waals surface area contributed by atoms with Crippen LogP contribution in [0, 0.1) is 11.8 Å². The van der Waals surface area contributed by atoms with Gasteiger partial charge in [0.25, 0.3) is 0 Å². The first-order chi connectivity index (χ1) is 24.8. The number of carbonyl (C=O) groups excluding carboxylic acids is 4. The second kappa shape index (κ2) is 37.6. The summed E-state index contributed by atoms with van der Waals surface area (Å²) in [4.78, 5) is 48.4. The highest BCUT2D eigenvalue weighted by Gasteiger charge is 2.17. The van der Waals surface area contributed by atoms with Gasteiger partial charge in [-0.1, -0.05) is 143 Å². The normalized spacial score (nSPS) is 11.3. The topological polar surface area (TPSA) is 105 Å². The Morgan fingerprint density at radius 1 is 0.373 bits per heavy atom. The molecule has 0 amide bonds. The highest BCUT2D eigenvalue weighted by molar-refractivity contribution is 5.70. The number of rotatable bonds is 38. The SMILES string of the molecule is CCCCCCCCOC(=O)CCCCCCCCC(=O)OCC(COC(=O)CCCCCCCCC(=O)OCCCCCCCC)CC(C)C. The minimum Gasteiger partial charge on any atom is -0.466 e. The van der Waals surface area contributed by atoms with Crippen molar-refractivity contribution in [2.24, 2.45) is 11.8 Å². The monoisotopic (exact) mass is 725 g/mol. The molecule has 0 rings (SSSR count). The lowest BCUT2D eigenvalue weighted by Gasteiger charge is -2.19. The van der Waals surface area contributed by atoms with Gasteiger partial charge in [-0.15, -0.1) is 0 Å². The molecular weight excluding hydrogens is 644 g/mol. The highest BCUT2D eigenvalue weighted by atomic mass is 16.5. The van der Waals surface area contributed by atoms with E-state index in [2.05, 4.69) is 27.7 Å². The van der Waals surface area contributed by atoms with Gasteiger partial charge in [-0.05, 0) is 50.9 Å². The van der Waals surface area contributed by atoms with Crippen LogP contribution in [0.3, 0.4) is 0 Å². The number of esters is 4. The van der Waals surface area contributed by atoms with Gasteiger partial charge in [0.2, 0.25) is 0 Å². The predicted octanol–water partition coefficient (Wildman–Crippen LogP) is 11.8. The summed E-state index contributed by atoms with van der Waals surface area (Å²) in [5.74, 6) is -0.110. The molecule has 0 unspecified atom stereocenters. The smallest absolute Gasteiger partial charge is 0.305 e. The quantitative estimate of drug-likeness (QED) is 0.0352. The second-order valence-electron chi connectivity index (χ2n) is 15.1. The zero-order chi connectivity index (χ0) is 37.6. The first-order valence-electron chi connectivity index (χ1n) is 21.4. The molecule has 0 saturated carbocycles. The maximum absolute atomic E-state index is 12.3. The van der Waals surface area contributed by atoms with E-state index in [0.717, 1.165) is 109 Å². The van der Waals surface area contributed by atoms with Crippen molar-refractivity contribution in [1.29, 1.82) is 0 Å². The van der Waals surface area contributed by atoms with Crippen molar-refractivity contribution in [3.05, 3.63) is 0 Å². The van der Waals surface area contributed by atoms with E-state index in [1.165, 1.54) is 51.4 Å². The summed E-state index contributed by atoms with van der Waals surface area (Å²) in [6, 6.07) is 0. The molecule has 0 aliphatic rings. The zero-order valence-electron chi connectivity index (χ0n) is 33.8. The maximum atomic E-state index is 12.3. The molecule has 51 heavy (non-hydrogen) atoms. The summed E-state index contributed by atoms with van der Waals surface area (Å²) in [6.45, 7) is 10.3. The summed E-state index contributed by atoms with van der Waals surface area (Å²) in [7, 11) is 0. The van der Waals surface area contributed by atoms with Gasteiger partial charge in [0.05, 0.1) is 26.4 Å². The van der Waals surface area contributed by atoms with Crippen LogP contribution in [0.5, 0.6) is 0 Å². The molecule has 0 spiro atoms. The second-order valence-corrected chi connectivity index (χ2v) is 15.1. The first-order valence-corrected chi connectivity index (χ1v) is 21.4. The van der Waals surface area contributed by atoms with Gasteiger partial charge in [0.15, 0.2) is 0 Å². The van der Waals surface area contributed by atoms with Gasteiger partial charge in [0, 0.05) is 31.6 Å². The molecule has 0 heterocycles. The summed E-state index contributed by atoms with van der Waals surface area (Å²) < 4.78 is 21.8. The molecule has 0 aromatic rings. The summed E-state index contributed by atoms with van der Waals surface area (Å²) in [5, 5.41) is 0. The van der Waals surface area contributed by atoms with Crippen LogP contribution in [0.1, 0.15) is 214 Å². The highest BCUT2D eigenvalue weighted by Crippen LogP contribution is 2.16. The van der Waals surface area contributed by atoms with Gasteiger partial charge < -0.3 is 18.9 Å². The Hall–Kier alpha value is -2.12. The van der Waals surface area contributed by atoms with Crippen molar-refractivity contribution in [1.82, 2.24) is 0 Å². The van der Waals surface area contributed by atoms with E-state index in [9.17, 15) is 19.2 Å². The summed E-state index contributed by atoms with van der Waals surface area (Å²) in [6.07, 6.45) is 28.4. The summed E-state index contributed by atoms with van der Waals surface area (Å²) in [5.41, 5.74) is 0. The zero-order valence-corrected chi connectivity index (χ0v) is 33.8. The van der Waals surface area contributed by atoms with Crippen LogP contribution >= 0.6 is 0 Å². The van der Waals surface area contributed by atoms with Crippen LogP contribution in [0.4, 0.5) is 0 Å². The first kappa shape index (κ1) is 48.9. The molecule has 8 nitrogen and oxygen atoms in total. The van der Waals surface area contributed by atoms with Crippen LogP contribution in [0.25, 0.3) is 0 Å². The lowest BCUT2D eigenvalue weighted by atomic mass is 9.98. The Morgan fingerprint density at radius 3 is 0.961 bits per heavy atom. The lowest BCUT2D eigenvalue weighted by Crippen LogP contribution is -2.22. The standard InChI is InChI=1S/C43H80O8/c1-5-7-9-11-21-27-33-48-40(44)29-23-17-13-15-19-25-31-42(46)50-36-39(35-38(3)4)37-51-43(47)32-26-20-16-14-18-24-30-41(45)49-34-28-22-12-10-8-6-2/h38-39H,5-37H2,1-4H3. The van der Waals surface area contributed by atoms with E-state index in [1.807, 2.05) is 0 Å². The van der Waals surface area contributed by atoms with Crippen molar-refractivity contribution >= 4 is 23.9 Å². The van der Waals surface area contributed by atoms with Gasteiger partial charge in [-0.25, -0.2) is 0 Å². The van der Waals surface area contributed by atoms with E-state index in [4.69, 9.17) is 18.9 Å². The van der Waals surface area contributed by atoms with E-state index in [0.29, 0.717) is 44.8 Å². The van der Waals surface area contributed by atoms with Gasteiger partial charge >= 0.3 is 23.9 Å². The van der Waals surface area contributed by atoms with Crippen molar-refractivity contribution in [3.8, 4) is 0 Å². The number of hydrogen-bond donors (Lipinski definition) is 0. The summed E-state index contributed by atoms with van der Waals surface area (Å²) >= 11 is 0. The third kappa shape index (κ3) is 37.4. The Bertz CT molecular complexity index is 765. The van der Waals surface area contributed by atoms with Crippen molar-refractivity contribution < 1.29 is 38.1 Å². The molecule has 8 heteroatoms. The average molecular weight is 725 g/mol. The van der Waals surface area contributed by atoms with Crippen LogP contribution in [0.15, 0.2) is 0 Å². The fraction of sp³-hybridized carbons (Fsp3) is 0.907. The minimum absolute atomic E-state index is 0.00729. The van der Waals surface area contributed by atoms with Crippen LogP contribution in [-0.2, 0) is 38.1 Å². The molecule has 0 aliphatic carbocycles. The number of ether oxygens (including phenoxy) is 4. The average Bonchev–Trinajstić information content (AvgIpc) is 3.10. The molecule has 0 N–H and O–H groups in total. The third-order valence-electron chi connectivity index (χ3n) is 9.31. The molecule has 0 aliphatic heterocycles. The molecule has 0 aromatic heterocycles. The number of unbranched alkanes of at least 4 members (excludes halogenated alkanes) is 20. The third-order valence-corrected chi connectivity index (χ3v) is 9.31. The maximum Gasteiger partial charge on any atom is 0.305 e. The molecule has 0 fully saturated rings. The van der Waals surface area contributed by atoms with Crippen molar-refractivity contribution in [3.63, 3.8) is 0 Å². The van der Waals surface area contributed by atoms with Crippen molar-refractivity contribution in [2.45, 2.75) is 214 Å². The molecule has 0 radical (unpaired) electrons. The lowest BCUT2D eigenvalue weighted by molar-refractivity contribution is -0.150. The molecule has 300 valence electrons. The van der Waals surface area contributed by atoms with E-state index in [1.54, 1.807) is 0 Å². The number of hydrogen-bond acceptors (Lipinski definition) is 8. The molecule has 0 saturated heterocycles. The Kier molecular flexibility index (Phi) is 36.1. The van der Waals surface area contributed by atoms with Gasteiger partial charge in [-0.2, -0.15) is 0 Å². The molecule has 0 bridgehead atoms. The van der Waals surface area contributed by atoms with E-state index >= 15 is 0 Å². The van der Waals surface area contributed by atoms with Gasteiger partial charge in [0.1, 0.15) is 0 Å². The Labute approximate surface area is 313 Å². The Balaban J connectivity index is 3.79. The fourth-order valence-corrected chi connectivity index (χ4v) is 6.19.